The quantitative estimate of drug-likeness (QED) is 0.113. The molecule has 40 heavy (non-hydrogen) atoms. The van der Waals surface area contributed by atoms with Gasteiger partial charge in [-0.2, -0.15) is 0 Å². The molecule has 16 N–H and O–H groups in total. The number of amides is 1. The summed E-state index contributed by atoms with van der Waals surface area (Å²) in [6.07, 6.45) is -20.6. The Morgan fingerprint density at radius 2 is 1.38 bits per heavy atom. The van der Waals surface area contributed by atoms with Gasteiger partial charge in [0.25, 0.3) is 0 Å². The zero-order chi connectivity index (χ0) is 29.9. The lowest BCUT2D eigenvalue weighted by Gasteiger charge is -2.48. The number of aliphatic hydroxyl groups excluding tert-OH is 9. The van der Waals surface area contributed by atoms with E-state index >= 15 is 0 Å². The molecule has 18 heteroatoms. The molecule has 2 heterocycles. The van der Waals surface area contributed by atoms with E-state index in [4.69, 9.17) is 36.1 Å². The lowest BCUT2D eigenvalue weighted by molar-refractivity contribution is -0.335. The minimum absolute atomic E-state index is 0.00119. The molecular weight excluding hydrogens is 544 g/mol. The SMILES string of the molecule is NCC[C@H](O)C(=O)N[C@@H]1C[C@H](N)[C@@H](O[C@H]2O[C@H](CO)[C@@H](O)[C@H](O)[C@H]2O)[C@H](O)[C@H]1O[C@H]1O[C@H](CO)[C@@H](O)[C@H](N)[C@H]1O. The second kappa shape index (κ2) is 14.3. The minimum atomic E-state index is -1.81. The van der Waals surface area contributed by atoms with Crippen LogP contribution >= 0.6 is 0 Å². The van der Waals surface area contributed by atoms with Crippen LogP contribution in [0.5, 0.6) is 0 Å². The lowest BCUT2D eigenvalue weighted by atomic mass is 9.83. The molecule has 0 bridgehead atoms. The standard InChI is InChI=1S/C22H42N4O14/c23-2-1-8(29)20(36)26-7-3-6(24)18(39-22-16(34)15(33)13(31)10(5-28)38-22)17(35)19(7)40-21-14(32)11(25)12(30)9(4-27)37-21/h6-19,21-22,27-35H,1-5,23-25H2,(H,26,36)/t6-,7+,8-,9+,10+,11-,12+,13+,14+,15-,16+,17-,18+,19-,21+,22+/m0/s1. The highest BCUT2D eigenvalue weighted by atomic mass is 16.7. The van der Waals surface area contributed by atoms with Gasteiger partial charge in [-0.05, 0) is 19.4 Å². The Bertz CT molecular complexity index is 813. The largest absolute Gasteiger partial charge is 0.394 e. The van der Waals surface area contributed by atoms with Crippen molar-refractivity contribution in [3.05, 3.63) is 0 Å². The normalized spacial score (nSPS) is 47.0. The summed E-state index contributed by atoms with van der Waals surface area (Å²) in [7, 11) is 0. The molecule has 1 amide bonds. The molecule has 3 fully saturated rings. The summed E-state index contributed by atoms with van der Waals surface area (Å²) in [6.45, 7) is -1.42. The van der Waals surface area contributed by atoms with Gasteiger partial charge in [-0.15, -0.1) is 0 Å². The molecule has 16 atom stereocenters. The van der Waals surface area contributed by atoms with Crippen molar-refractivity contribution >= 4 is 5.91 Å². The number of hydrogen-bond donors (Lipinski definition) is 13. The molecular formula is C22H42N4O14. The van der Waals surface area contributed by atoms with Gasteiger partial charge in [0.1, 0.15) is 67.1 Å². The maximum absolute atomic E-state index is 12.6. The van der Waals surface area contributed by atoms with Gasteiger partial charge in [0, 0.05) is 6.04 Å². The van der Waals surface area contributed by atoms with Gasteiger partial charge in [-0.1, -0.05) is 0 Å². The lowest BCUT2D eigenvalue weighted by Crippen LogP contribution is -2.69. The van der Waals surface area contributed by atoms with E-state index in [1.165, 1.54) is 0 Å². The third-order valence-corrected chi connectivity index (χ3v) is 7.46. The van der Waals surface area contributed by atoms with E-state index in [0.717, 1.165) is 0 Å². The van der Waals surface area contributed by atoms with E-state index in [1.54, 1.807) is 0 Å². The minimum Gasteiger partial charge on any atom is -0.394 e. The first-order chi connectivity index (χ1) is 18.9. The number of ether oxygens (including phenoxy) is 4. The molecule has 234 valence electrons. The highest BCUT2D eigenvalue weighted by Crippen LogP contribution is 2.32. The molecule has 1 aliphatic carbocycles. The first-order valence-electron chi connectivity index (χ1n) is 13.0. The molecule has 3 aliphatic rings. The first-order valence-corrected chi connectivity index (χ1v) is 13.0. The fraction of sp³-hybridized carbons (Fsp3) is 0.955. The highest BCUT2D eigenvalue weighted by molar-refractivity contribution is 5.80. The Morgan fingerprint density at radius 3 is 1.95 bits per heavy atom. The van der Waals surface area contributed by atoms with Crippen molar-refractivity contribution in [2.24, 2.45) is 17.2 Å². The van der Waals surface area contributed by atoms with Crippen LogP contribution in [0.1, 0.15) is 12.8 Å². The smallest absolute Gasteiger partial charge is 0.249 e. The van der Waals surface area contributed by atoms with Crippen molar-refractivity contribution in [1.29, 1.82) is 0 Å². The van der Waals surface area contributed by atoms with Crippen LogP contribution in [0.2, 0.25) is 0 Å². The highest BCUT2D eigenvalue weighted by Gasteiger charge is 2.52. The van der Waals surface area contributed by atoms with Crippen molar-refractivity contribution < 1.29 is 69.7 Å². The number of nitrogens with one attached hydrogen (secondary N) is 1. The Morgan fingerprint density at radius 1 is 0.825 bits per heavy atom. The van der Waals surface area contributed by atoms with E-state index in [1.807, 2.05) is 0 Å². The molecule has 0 unspecified atom stereocenters. The van der Waals surface area contributed by atoms with Crippen molar-refractivity contribution in [3.63, 3.8) is 0 Å². The van der Waals surface area contributed by atoms with Crippen LogP contribution in [0.15, 0.2) is 0 Å². The maximum Gasteiger partial charge on any atom is 0.249 e. The summed E-state index contributed by atoms with van der Waals surface area (Å²) in [5.41, 5.74) is 17.5. The average molecular weight is 587 g/mol. The van der Waals surface area contributed by atoms with Gasteiger partial charge >= 0.3 is 0 Å². The van der Waals surface area contributed by atoms with E-state index < -0.39 is 117 Å². The van der Waals surface area contributed by atoms with Crippen LogP contribution in [0, 0.1) is 0 Å². The Labute approximate surface area is 229 Å². The summed E-state index contributed by atoms with van der Waals surface area (Å²) < 4.78 is 22.3. The number of nitrogens with two attached hydrogens (primary N) is 3. The molecule has 0 radical (unpaired) electrons. The molecule has 0 spiro atoms. The summed E-state index contributed by atoms with van der Waals surface area (Å²) in [6, 6.07) is -3.52. The first kappa shape index (κ1) is 33.3. The predicted octanol–water partition coefficient (Wildman–Crippen LogP) is -8.39. The summed E-state index contributed by atoms with van der Waals surface area (Å²) in [4.78, 5) is 12.6. The van der Waals surface area contributed by atoms with Crippen molar-refractivity contribution in [1.82, 2.24) is 5.32 Å². The van der Waals surface area contributed by atoms with Crippen LogP contribution in [0.4, 0.5) is 0 Å². The monoisotopic (exact) mass is 586 g/mol. The van der Waals surface area contributed by atoms with Crippen LogP contribution in [-0.4, -0.2) is 169 Å². The number of hydrogen-bond acceptors (Lipinski definition) is 17. The second-order valence-electron chi connectivity index (χ2n) is 10.3. The van der Waals surface area contributed by atoms with Gasteiger partial charge in [-0.25, -0.2) is 0 Å². The maximum atomic E-state index is 12.6. The zero-order valence-electron chi connectivity index (χ0n) is 21.6. The number of carbonyl (C=O) groups is 1. The van der Waals surface area contributed by atoms with Gasteiger partial charge in [-0.3, -0.25) is 4.79 Å². The van der Waals surface area contributed by atoms with E-state index in [9.17, 15) is 50.8 Å². The summed E-state index contributed by atoms with van der Waals surface area (Å²) in [5, 5.41) is 94.0. The number of carbonyl (C=O) groups excluding carboxylic acids is 1. The Hall–Kier alpha value is -1.17. The number of aliphatic hydroxyl groups is 9. The molecule has 0 aromatic carbocycles. The van der Waals surface area contributed by atoms with E-state index in [0.29, 0.717) is 0 Å². The van der Waals surface area contributed by atoms with Gasteiger partial charge in [0.2, 0.25) is 5.91 Å². The Balaban J connectivity index is 1.85. The van der Waals surface area contributed by atoms with E-state index in [2.05, 4.69) is 5.32 Å². The summed E-state index contributed by atoms with van der Waals surface area (Å²) in [5.74, 6) is -0.859. The van der Waals surface area contributed by atoms with Gasteiger partial charge < -0.3 is 87.4 Å². The predicted molar refractivity (Wildman–Crippen MR) is 129 cm³/mol. The number of rotatable bonds is 10. The van der Waals surface area contributed by atoms with Crippen LogP contribution in [0.3, 0.4) is 0 Å². The topological polar surface area (TPSA) is 326 Å². The van der Waals surface area contributed by atoms with Crippen LogP contribution in [-0.2, 0) is 23.7 Å². The molecule has 3 rings (SSSR count). The van der Waals surface area contributed by atoms with Crippen molar-refractivity contribution in [2.75, 3.05) is 19.8 Å². The fourth-order valence-corrected chi connectivity index (χ4v) is 5.02. The Kier molecular flexibility index (Phi) is 11.9. The molecule has 2 aliphatic heterocycles. The van der Waals surface area contributed by atoms with Gasteiger partial charge in [0.15, 0.2) is 12.6 Å². The second-order valence-corrected chi connectivity index (χ2v) is 10.3. The molecule has 0 aromatic rings. The summed E-state index contributed by atoms with van der Waals surface area (Å²) >= 11 is 0. The molecule has 18 nitrogen and oxygen atoms in total. The fourth-order valence-electron chi connectivity index (χ4n) is 5.02. The average Bonchev–Trinajstić information content (AvgIpc) is 2.92. The van der Waals surface area contributed by atoms with Crippen molar-refractivity contribution in [2.45, 2.75) is 111 Å². The van der Waals surface area contributed by atoms with E-state index in [-0.39, 0.29) is 19.4 Å². The van der Waals surface area contributed by atoms with Gasteiger partial charge in [0.05, 0.1) is 25.3 Å². The third-order valence-electron chi connectivity index (χ3n) is 7.46. The third kappa shape index (κ3) is 7.06. The zero-order valence-corrected chi connectivity index (χ0v) is 21.6. The van der Waals surface area contributed by atoms with Crippen LogP contribution < -0.4 is 22.5 Å². The molecule has 1 saturated carbocycles. The van der Waals surface area contributed by atoms with Crippen LogP contribution in [0.25, 0.3) is 0 Å². The molecule has 2 saturated heterocycles. The van der Waals surface area contributed by atoms with Crippen molar-refractivity contribution in [3.8, 4) is 0 Å². The molecule has 0 aromatic heterocycles.